The van der Waals surface area contributed by atoms with Gasteiger partial charge in [0.05, 0.1) is 17.9 Å². The van der Waals surface area contributed by atoms with E-state index in [4.69, 9.17) is 0 Å². The molecule has 0 saturated carbocycles. The molecule has 4 rings (SSSR count). The van der Waals surface area contributed by atoms with E-state index in [2.05, 4.69) is 0 Å². The van der Waals surface area contributed by atoms with Crippen molar-refractivity contribution in [2.75, 3.05) is 25.1 Å². The highest BCUT2D eigenvalue weighted by molar-refractivity contribution is 6.46. The van der Waals surface area contributed by atoms with E-state index >= 15 is 0 Å². The van der Waals surface area contributed by atoms with Gasteiger partial charge in [0.2, 0.25) is 0 Å². The van der Waals surface area contributed by atoms with Crippen molar-refractivity contribution in [3.05, 3.63) is 83.1 Å². The number of anilines is 1. The van der Waals surface area contributed by atoms with Gasteiger partial charge in [-0.25, -0.2) is 4.90 Å². The van der Waals surface area contributed by atoms with Gasteiger partial charge in [0, 0.05) is 19.0 Å². The third kappa shape index (κ3) is 3.17. The van der Waals surface area contributed by atoms with Crippen molar-refractivity contribution in [2.24, 2.45) is 0 Å². The summed E-state index contributed by atoms with van der Waals surface area (Å²) in [5.74, 6) is -0.717. The summed E-state index contributed by atoms with van der Waals surface area (Å²) in [5.41, 5.74) is 4.01. The maximum Gasteiger partial charge on any atom is 0.282 e. The van der Waals surface area contributed by atoms with E-state index in [1.54, 1.807) is 18.0 Å². The Bertz CT molecular complexity index is 1190. The molecule has 5 nitrogen and oxygen atoms in total. The topological polar surface area (TPSA) is 60.9 Å². The summed E-state index contributed by atoms with van der Waals surface area (Å²) in [7, 11) is 1.73. The van der Waals surface area contributed by atoms with Crippen molar-refractivity contribution >= 4 is 33.8 Å². The van der Waals surface area contributed by atoms with E-state index in [1.165, 1.54) is 4.90 Å². The van der Waals surface area contributed by atoms with E-state index in [1.807, 2.05) is 68.4 Å². The molecule has 0 atom stereocenters. The van der Waals surface area contributed by atoms with Gasteiger partial charge in [-0.2, -0.15) is 0 Å². The SMILES string of the molecule is Cc1ccc(C2=C(N(C)CCO)C(=O)N(c3cccc4ccccc34)C2=O)c(C)c1. The number of carbonyl (C=O) groups is 2. The lowest BCUT2D eigenvalue weighted by atomic mass is 9.97. The highest BCUT2D eigenvalue weighted by atomic mass is 16.3. The van der Waals surface area contributed by atoms with E-state index in [0.717, 1.165) is 27.5 Å². The van der Waals surface area contributed by atoms with Crippen LogP contribution < -0.4 is 4.90 Å². The van der Waals surface area contributed by atoms with E-state index in [0.29, 0.717) is 17.0 Å². The minimum absolute atomic E-state index is 0.115. The standard InChI is InChI=1S/C25H24N2O3/c1-16-11-12-19(17(2)15-16)22-23(26(3)13-14-28)25(30)27(24(22)29)21-10-6-8-18-7-4-5-9-20(18)21/h4-12,15,28H,13-14H2,1-3H3. The average Bonchev–Trinajstić information content (AvgIpc) is 2.98. The average molecular weight is 400 g/mol. The summed E-state index contributed by atoms with van der Waals surface area (Å²) in [6, 6.07) is 19.1. The monoisotopic (exact) mass is 400 g/mol. The molecule has 3 aromatic rings. The summed E-state index contributed by atoms with van der Waals surface area (Å²) in [6.07, 6.45) is 0. The first-order valence-corrected chi connectivity index (χ1v) is 9.94. The van der Waals surface area contributed by atoms with Gasteiger partial charge in [-0.15, -0.1) is 0 Å². The zero-order chi connectivity index (χ0) is 21.4. The van der Waals surface area contributed by atoms with Crippen LogP contribution in [0.2, 0.25) is 0 Å². The van der Waals surface area contributed by atoms with Crippen LogP contribution in [-0.2, 0) is 9.59 Å². The molecule has 0 saturated heterocycles. The smallest absolute Gasteiger partial charge is 0.282 e. The van der Waals surface area contributed by atoms with Crippen LogP contribution in [0.1, 0.15) is 16.7 Å². The molecule has 0 aromatic heterocycles. The number of amides is 2. The number of benzene rings is 3. The van der Waals surface area contributed by atoms with Gasteiger partial charge in [-0.3, -0.25) is 9.59 Å². The highest BCUT2D eigenvalue weighted by Gasteiger charge is 2.42. The number of imide groups is 1. The fourth-order valence-electron chi connectivity index (χ4n) is 4.09. The molecule has 30 heavy (non-hydrogen) atoms. The molecular weight excluding hydrogens is 376 g/mol. The van der Waals surface area contributed by atoms with Crippen LogP contribution in [0.5, 0.6) is 0 Å². The number of aliphatic hydroxyl groups excluding tert-OH is 1. The second kappa shape index (κ2) is 7.76. The molecule has 3 aromatic carbocycles. The van der Waals surface area contributed by atoms with Gasteiger partial charge < -0.3 is 10.0 Å². The first-order chi connectivity index (χ1) is 14.4. The minimum atomic E-state index is -0.373. The Morgan fingerprint density at radius 1 is 0.933 bits per heavy atom. The quantitative estimate of drug-likeness (QED) is 0.664. The van der Waals surface area contributed by atoms with Crippen LogP contribution in [0.3, 0.4) is 0 Å². The van der Waals surface area contributed by atoms with Crippen molar-refractivity contribution < 1.29 is 14.7 Å². The minimum Gasteiger partial charge on any atom is -0.395 e. The summed E-state index contributed by atoms with van der Waals surface area (Å²) in [4.78, 5) is 30.2. The zero-order valence-electron chi connectivity index (χ0n) is 17.3. The van der Waals surface area contributed by atoms with E-state index < -0.39 is 0 Å². The Balaban J connectivity index is 1.92. The number of aliphatic hydroxyl groups is 1. The maximum atomic E-state index is 13.7. The first-order valence-electron chi connectivity index (χ1n) is 9.94. The molecule has 2 amide bonds. The molecular formula is C25H24N2O3. The zero-order valence-corrected chi connectivity index (χ0v) is 17.3. The molecule has 1 N–H and O–H groups in total. The highest BCUT2D eigenvalue weighted by Crippen LogP contribution is 2.38. The molecule has 1 aliphatic heterocycles. The third-order valence-electron chi connectivity index (χ3n) is 5.54. The maximum absolute atomic E-state index is 13.7. The Labute approximate surface area is 175 Å². The number of rotatable bonds is 5. The van der Waals surface area contributed by atoms with Crippen LogP contribution >= 0.6 is 0 Å². The Morgan fingerprint density at radius 3 is 2.40 bits per heavy atom. The van der Waals surface area contributed by atoms with Gasteiger partial charge >= 0.3 is 0 Å². The summed E-state index contributed by atoms with van der Waals surface area (Å²) in [5, 5.41) is 11.2. The van der Waals surface area contributed by atoms with Gasteiger partial charge in [0.1, 0.15) is 5.70 Å². The normalized spacial score (nSPS) is 14.2. The third-order valence-corrected chi connectivity index (χ3v) is 5.54. The van der Waals surface area contributed by atoms with Gasteiger partial charge in [-0.1, -0.05) is 60.2 Å². The van der Waals surface area contributed by atoms with Crippen molar-refractivity contribution in [2.45, 2.75) is 13.8 Å². The largest absolute Gasteiger partial charge is 0.395 e. The molecule has 0 fully saturated rings. The van der Waals surface area contributed by atoms with Gasteiger partial charge in [0.15, 0.2) is 0 Å². The lowest BCUT2D eigenvalue weighted by Gasteiger charge is -2.21. The van der Waals surface area contributed by atoms with Crippen LogP contribution in [0, 0.1) is 13.8 Å². The molecule has 5 heteroatoms. The molecule has 0 aliphatic carbocycles. The number of aryl methyl sites for hydroxylation is 2. The van der Waals surface area contributed by atoms with E-state index in [9.17, 15) is 14.7 Å². The lowest BCUT2D eigenvalue weighted by Crippen LogP contribution is -2.35. The lowest BCUT2D eigenvalue weighted by molar-refractivity contribution is -0.120. The number of carbonyl (C=O) groups excluding carboxylic acids is 2. The van der Waals surface area contributed by atoms with Crippen LogP contribution in [0.15, 0.2) is 66.4 Å². The van der Waals surface area contributed by atoms with Crippen molar-refractivity contribution in [3.8, 4) is 0 Å². The summed E-state index contributed by atoms with van der Waals surface area (Å²) >= 11 is 0. The fraction of sp³-hybridized carbons (Fsp3) is 0.200. The second-order valence-corrected chi connectivity index (χ2v) is 7.63. The van der Waals surface area contributed by atoms with Crippen molar-refractivity contribution in [3.63, 3.8) is 0 Å². The fourth-order valence-corrected chi connectivity index (χ4v) is 4.09. The molecule has 1 heterocycles. The Hall–Kier alpha value is -3.44. The van der Waals surface area contributed by atoms with Gasteiger partial charge in [-0.05, 0) is 36.4 Å². The predicted octanol–water partition coefficient (Wildman–Crippen LogP) is 3.67. The first kappa shape index (κ1) is 19.9. The Morgan fingerprint density at radius 2 is 1.67 bits per heavy atom. The molecule has 152 valence electrons. The summed E-state index contributed by atoms with van der Waals surface area (Å²) in [6.45, 7) is 4.08. The second-order valence-electron chi connectivity index (χ2n) is 7.63. The number of hydrogen-bond donors (Lipinski definition) is 1. The number of likely N-dealkylation sites (N-methyl/N-ethyl adjacent to an activating group) is 1. The molecule has 0 radical (unpaired) electrons. The number of hydrogen-bond acceptors (Lipinski definition) is 4. The van der Waals surface area contributed by atoms with Crippen LogP contribution in [0.25, 0.3) is 16.3 Å². The van der Waals surface area contributed by atoms with Crippen LogP contribution in [-0.4, -0.2) is 42.0 Å². The number of nitrogens with zero attached hydrogens (tertiary/aromatic N) is 2. The van der Waals surface area contributed by atoms with Crippen molar-refractivity contribution in [1.29, 1.82) is 0 Å². The molecule has 0 spiro atoms. The van der Waals surface area contributed by atoms with Crippen LogP contribution in [0.4, 0.5) is 5.69 Å². The predicted molar refractivity (Wildman–Crippen MR) is 119 cm³/mol. The van der Waals surface area contributed by atoms with E-state index in [-0.39, 0.29) is 25.0 Å². The molecule has 0 unspecified atom stereocenters. The van der Waals surface area contributed by atoms with Gasteiger partial charge in [0.25, 0.3) is 11.8 Å². The Kier molecular flexibility index (Phi) is 5.14. The number of fused-ring (bicyclic) bond motifs is 1. The molecule has 1 aliphatic rings. The molecule has 0 bridgehead atoms. The van der Waals surface area contributed by atoms with Crippen molar-refractivity contribution in [1.82, 2.24) is 4.90 Å². The summed E-state index contributed by atoms with van der Waals surface area (Å²) < 4.78 is 0.